The second-order valence-corrected chi connectivity index (χ2v) is 3.82. The van der Waals surface area contributed by atoms with E-state index >= 15 is 0 Å². The molecule has 2 aliphatic rings. The zero-order valence-electron chi connectivity index (χ0n) is 7.58. The van der Waals surface area contributed by atoms with Gasteiger partial charge in [0.1, 0.15) is 0 Å². The maximum absolute atomic E-state index is 11.3. The van der Waals surface area contributed by atoms with Crippen LogP contribution in [0.3, 0.4) is 0 Å². The zero-order chi connectivity index (χ0) is 9.42. The van der Waals surface area contributed by atoms with Gasteiger partial charge in [0, 0.05) is 13.0 Å². The van der Waals surface area contributed by atoms with Crippen LogP contribution < -0.4 is 5.32 Å². The van der Waals surface area contributed by atoms with E-state index in [0.29, 0.717) is 18.9 Å². The van der Waals surface area contributed by atoms with Gasteiger partial charge in [-0.25, -0.2) is 0 Å². The minimum atomic E-state index is -0.528. The fourth-order valence-electron chi connectivity index (χ4n) is 1.56. The molecule has 1 saturated carbocycles. The average molecular weight is 183 g/mol. The van der Waals surface area contributed by atoms with Gasteiger partial charge in [0.15, 0.2) is 6.10 Å². The van der Waals surface area contributed by atoms with Crippen LogP contribution in [0.15, 0.2) is 0 Å². The molecule has 0 aromatic rings. The number of amides is 1. The number of nitrogens with one attached hydrogen (secondary N) is 1. The first-order valence-corrected chi connectivity index (χ1v) is 4.66. The van der Waals surface area contributed by atoms with Gasteiger partial charge in [-0.3, -0.25) is 9.59 Å². The Balaban J connectivity index is 1.83. The molecule has 2 fully saturated rings. The number of hydrogen-bond donors (Lipinski definition) is 1. The molecule has 1 saturated heterocycles. The zero-order valence-corrected chi connectivity index (χ0v) is 7.58. The number of carbonyl (C=O) groups is 2. The van der Waals surface area contributed by atoms with E-state index in [1.165, 1.54) is 0 Å². The first kappa shape index (κ1) is 8.53. The molecule has 1 aliphatic carbocycles. The molecule has 4 heteroatoms. The van der Waals surface area contributed by atoms with Crippen molar-refractivity contribution in [3.8, 4) is 0 Å². The summed E-state index contributed by atoms with van der Waals surface area (Å²) in [7, 11) is 0. The highest BCUT2D eigenvalue weighted by Crippen LogP contribution is 2.39. The van der Waals surface area contributed by atoms with E-state index in [0.717, 1.165) is 6.42 Å². The maximum Gasteiger partial charge on any atom is 0.310 e. The predicted molar refractivity (Wildman–Crippen MR) is 44.8 cm³/mol. The third-order valence-electron chi connectivity index (χ3n) is 2.67. The van der Waals surface area contributed by atoms with E-state index in [9.17, 15) is 9.59 Å². The van der Waals surface area contributed by atoms with Crippen molar-refractivity contribution >= 4 is 11.9 Å². The van der Waals surface area contributed by atoms with Crippen molar-refractivity contribution in [2.45, 2.75) is 25.9 Å². The molecule has 3 atom stereocenters. The standard InChI is InChI=1S/C9H13NO3/c1-5-4-6(5)9(12)13-7-2-3-10-8(7)11/h5-7H,2-4H2,1H3,(H,10,11)/t5-,6-,7+/m1/s1. The van der Waals surface area contributed by atoms with E-state index < -0.39 is 6.10 Å². The third kappa shape index (κ3) is 1.66. The third-order valence-corrected chi connectivity index (χ3v) is 2.67. The maximum atomic E-state index is 11.3. The van der Waals surface area contributed by atoms with Crippen LogP contribution in [-0.4, -0.2) is 24.5 Å². The van der Waals surface area contributed by atoms with Crippen LogP contribution in [0.4, 0.5) is 0 Å². The summed E-state index contributed by atoms with van der Waals surface area (Å²) in [5, 5.41) is 2.63. The number of ether oxygens (including phenoxy) is 1. The second-order valence-electron chi connectivity index (χ2n) is 3.82. The summed E-state index contributed by atoms with van der Waals surface area (Å²) in [6, 6.07) is 0. The Bertz CT molecular complexity index is 251. The van der Waals surface area contributed by atoms with Gasteiger partial charge in [-0.15, -0.1) is 0 Å². The molecule has 0 spiro atoms. The van der Waals surface area contributed by atoms with Gasteiger partial charge in [0.05, 0.1) is 5.92 Å². The summed E-state index contributed by atoms with van der Waals surface area (Å²) in [6.07, 6.45) is 0.999. The Morgan fingerprint density at radius 2 is 2.31 bits per heavy atom. The van der Waals surface area contributed by atoms with Gasteiger partial charge in [0.2, 0.25) is 0 Å². The van der Waals surface area contributed by atoms with Crippen molar-refractivity contribution in [2.75, 3.05) is 6.54 Å². The molecule has 72 valence electrons. The lowest BCUT2D eigenvalue weighted by Crippen LogP contribution is -2.28. The number of rotatable bonds is 2. The lowest BCUT2D eigenvalue weighted by atomic mass is 10.3. The Labute approximate surface area is 76.6 Å². The number of hydrogen-bond acceptors (Lipinski definition) is 3. The first-order chi connectivity index (χ1) is 6.18. The fourth-order valence-corrected chi connectivity index (χ4v) is 1.56. The number of carbonyl (C=O) groups excluding carboxylic acids is 2. The molecular weight excluding hydrogens is 170 g/mol. The van der Waals surface area contributed by atoms with Gasteiger partial charge in [-0.2, -0.15) is 0 Å². The highest BCUT2D eigenvalue weighted by Gasteiger charge is 2.42. The summed E-state index contributed by atoms with van der Waals surface area (Å²) in [5.74, 6) is 0.140. The van der Waals surface area contributed by atoms with Crippen molar-refractivity contribution < 1.29 is 14.3 Å². The van der Waals surface area contributed by atoms with Crippen molar-refractivity contribution in [1.82, 2.24) is 5.32 Å². The Morgan fingerprint density at radius 1 is 1.62 bits per heavy atom. The second kappa shape index (κ2) is 3.01. The minimum absolute atomic E-state index is 0.0494. The van der Waals surface area contributed by atoms with Crippen molar-refractivity contribution in [3.63, 3.8) is 0 Å². The van der Waals surface area contributed by atoms with E-state index in [2.05, 4.69) is 5.32 Å². The predicted octanol–water partition coefficient (Wildman–Crippen LogP) is 0.0741. The minimum Gasteiger partial charge on any atom is -0.452 e. The SMILES string of the molecule is C[C@@H]1C[C@H]1C(=O)O[C@H]1CCNC1=O. The Morgan fingerprint density at radius 3 is 2.77 bits per heavy atom. The fraction of sp³-hybridized carbons (Fsp3) is 0.778. The largest absolute Gasteiger partial charge is 0.452 e. The summed E-state index contributed by atoms with van der Waals surface area (Å²) < 4.78 is 5.07. The van der Waals surface area contributed by atoms with Gasteiger partial charge in [0.25, 0.3) is 5.91 Å². The molecule has 1 aliphatic heterocycles. The van der Waals surface area contributed by atoms with E-state index in [-0.39, 0.29) is 17.8 Å². The van der Waals surface area contributed by atoms with Crippen molar-refractivity contribution in [3.05, 3.63) is 0 Å². The van der Waals surface area contributed by atoms with E-state index in [4.69, 9.17) is 4.74 Å². The average Bonchev–Trinajstić information content (AvgIpc) is 2.68. The quantitative estimate of drug-likeness (QED) is 0.616. The molecule has 13 heavy (non-hydrogen) atoms. The monoisotopic (exact) mass is 183 g/mol. The van der Waals surface area contributed by atoms with Crippen LogP contribution in [-0.2, 0) is 14.3 Å². The molecule has 0 bridgehead atoms. The highest BCUT2D eigenvalue weighted by atomic mass is 16.5. The highest BCUT2D eigenvalue weighted by molar-refractivity contribution is 5.86. The smallest absolute Gasteiger partial charge is 0.310 e. The summed E-state index contributed by atoms with van der Waals surface area (Å²) in [4.78, 5) is 22.4. The van der Waals surface area contributed by atoms with E-state index in [1.807, 2.05) is 6.92 Å². The molecular formula is C9H13NO3. The Kier molecular flexibility index (Phi) is 1.98. The van der Waals surface area contributed by atoms with Gasteiger partial charge < -0.3 is 10.1 Å². The summed E-state index contributed by atoms with van der Waals surface area (Å²) in [6.45, 7) is 2.64. The Hall–Kier alpha value is -1.06. The number of esters is 1. The van der Waals surface area contributed by atoms with Crippen LogP contribution in [0, 0.1) is 11.8 Å². The van der Waals surface area contributed by atoms with E-state index in [1.54, 1.807) is 0 Å². The molecule has 2 rings (SSSR count). The first-order valence-electron chi connectivity index (χ1n) is 4.66. The molecule has 0 unspecified atom stereocenters. The lowest BCUT2D eigenvalue weighted by molar-refractivity contribution is -0.155. The van der Waals surface area contributed by atoms with Gasteiger partial charge in [-0.05, 0) is 12.3 Å². The van der Waals surface area contributed by atoms with Crippen LogP contribution in [0.25, 0.3) is 0 Å². The normalized spacial score (nSPS) is 37.0. The van der Waals surface area contributed by atoms with Gasteiger partial charge >= 0.3 is 5.97 Å². The summed E-state index contributed by atoms with van der Waals surface area (Å²) >= 11 is 0. The topological polar surface area (TPSA) is 55.4 Å². The van der Waals surface area contributed by atoms with Crippen LogP contribution in [0.5, 0.6) is 0 Å². The molecule has 1 N–H and O–H groups in total. The van der Waals surface area contributed by atoms with Crippen molar-refractivity contribution in [1.29, 1.82) is 0 Å². The molecule has 1 heterocycles. The van der Waals surface area contributed by atoms with Gasteiger partial charge in [-0.1, -0.05) is 6.92 Å². The molecule has 0 radical (unpaired) electrons. The molecule has 0 aromatic heterocycles. The van der Waals surface area contributed by atoms with Crippen LogP contribution >= 0.6 is 0 Å². The van der Waals surface area contributed by atoms with Crippen LogP contribution in [0.2, 0.25) is 0 Å². The van der Waals surface area contributed by atoms with Crippen molar-refractivity contribution in [2.24, 2.45) is 11.8 Å². The lowest BCUT2D eigenvalue weighted by Gasteiger charge is -2.08. The summed E-state index contributed by atoms with van der Waals surface area (Å²) in [5.41, 5.74) is 0. The molecule has 4 nitrogen and oxygen atoms in total. The van der Waals surface area contributed by atoms with Crippen LogP contribution in [0.1, 0.15) is 19.8 Å². The molecule has 1 amide bonds. The molecule has 0 aromatic carbocycles.